The molecule has 0 radical (unpaired) electrons. The molecule has 3 aromatic rings. The first-order chi connectivity index (χ1) is 11.9. The van der Waals surface area contributed by atoms with Gasteiger partial charge >= 0.3 is 0 Å². The topological polar surface area (TPSA) is 104 Å². The third-order valence-electron chi connectivity index (χ3n) is 3.40. The Bertz CT molecular complexity index is 1040. The highest BCUT2D eigenvalue weighted by Crippen LogP contribution is 2.37. The van der Waals surface area contributed by atoms with Crippen molar-refractivity contribution in [3.63, 3.8) is 0 Å². The minimum atomic E-state index is -4.02. The maximum absolute atomic E-state index is 12.3. The largest absolute Gasteiger partial charge is 0.494 e. The molecule has 0 saturated heterocycles. The molecule has 2 aromatic carbocycles. The maximum atomic E-state index is 12.3. The number of fused-ring (bicyclic) bond motifs is 1. The normalized spacial score (nSPS) is 12.1. The van der Waals surface area contributed by atoms with Gasteiger partial charge in [0.2, 0.25) is 5.88 Å². The molecule has 130 valence electrons. The molecule has 0 saturated carbocycles. The quantitative estimate of drug-likeness (QED) is 0.641. The molecule has 2 N–H and O–H groups in total. The Morgan fingerprint density at radius 1 is 1.20 bits per heavy atom. The Morgan fingerprint density at radius 2 is 1.92 bits per heavy atom. The second-order valence-electron chi connectivity index (χ2n) is 5.07. The molecule has 9 heteroatoms. The van der Waals surface area contributed by atoms with Gasteiger partial charge in [0.05, 0.1) is 17.0 Å². The number of sulfonamides is 1. The van der Waals surface area contributed by atoms with Crippen molar-refractivity contribution in [2.45, 2.75) is 11.8 Å². The van der Waals surface area contributed by atoms with Gasteiger partial charge in [0.1, 0.15) is 5.75 Å². The molecule has 7 nitrogen and oxygen atoms in total. The predicted molar refractivity (Wildman–Crippen MR) is 94.3 cm³/mol. The molecule has 0 atom stereocenters. The van der Waals surface area contributed by atoms with Crippen LogP contribution in [-0.2, 0) is 10.0 Å². The number of hydrogen-bond donors (Lipinski definition) is 2. The van der Waals surface area contributed by atoms with E-state index in [0.717, 1.165) is 0 Å². The van der Waals surface area contributed by atoms with Gasteiger partial charge in [-0.15, -0.1) is 5.11 Å². The van der Waals surface area contributed by atoms with Crippen LogP contribution in [0.2, 0.25) is 5.02 Å². The van der Waals surface area contributed by atoms with Gasteiger partial charge in [-0.25, -0.2) is 0 Å². The van der Waals surface area contributed by atoms with Crippen LogP contribution in [-0.4, -0.2) is 25.1 Å². The van der Waals surface area contributed by atoms with Crippen molar-refractivity contribution in [3.05, 3.63) is 47.5 Å². The number of hydrogen-bond acceptors (Lipinski definition) is 5. The first kappa shape index (κ1) is 17.2. The summed E-state index contributed by atoms with van der Waals surface area (Å²) in [4.78, 5) is 2.65. The summed E-state index contributed by atoms with van der Waals surface area (Å²) in [5.41, 5.74) is 0.571. The van der Waals surface area contributed by atoms with Crippen LogP contribution in [0.25, 0.3) is 10.9 Å². The van der Waals surface area contributed by atoms with E-state index in [4.69, 9.17) is 16.3 Å². The van der Waals surface area contributed by atoms with Gasteiger partial charge in [-0.2, -0.15) is 8.42 Å². The van der Waals surface area contributed by atoms with Crippen LogP contribution >= 0.6 is 11.6 Å². The average molecular weight is 380 g/mol. The van der Waals surface area contributed by atoms with Crippen molar-refractivity contribution < 1.29 is 18.3 Å². The summed E-state index contributed by atoms with van der Waals surface area (Å²) in [6.07, 6.45) is 0. The number of H-pyrrole nitrogens is 1. The number of nitrogens with one attached hydrogen (secondary N) is 1. The Hall–Kier alpha value is -2.58. The highest BCUT2D eigenvalue weighted by Gasteiger charge is 2.16. The lowest BCUT2D eigenvalue weighted by atomic mass is 10.2. The van der Waals surface area contributed by atoms with Crippen molar-refractivity contribution >= 4 is 38.2 Å². The summed E-state index contributed by atoms with van der Waals surface area (Å²) in [5, 5.41) is 14.5. The van der Waals surface area contributed by atoms with Gasteiger partial charge in [0.15, 0.2) is 5.69 Å². The minimum absolute atomic E-state index is 0.00649. The van der Waals surface area contributed by atoms with Crippen molar-refractivity contribution in [2.75, 3.05) is 6.61 Å². The summed E-state index contributed by atoms with van der Waals surface area (Å²) < 4.78 is 33.3. The molecular weight excluding hydrogens is 366 g/mol. The lowest BCUT2D eigenvalue weighted by Crippen LogP contribution is -1.96. The Labute approximate surface area is 149 Å². The van der Waals surface area contributed by atoms with E-state index >= 15 is 0 Å². The van der Waals surface area contributed by atoms with E-state index in [0.29, 0.717) is 28.3 Å². The Morgan fingerprint density at radius 3 is 2.60 bits per heavy atom. The van der Waals surface area contributed by atoms with Gasteiger partial charge < -0.3 is 14.8 Å². The number of benzene rings is 2. The Balaban J connectivity index is 1.95. The molecule has 0 aliphatic rings. The highest BCUT2D eigenvalue weighted by atomic mass is 35.5. The zero-order valence-corrected chi connectivity index (χ0v) is 14.7. The van der Waals surface area contributed by atoms with Crippen LogP contribution in [0.15, 0.2) is 57.0 Å². The molecule has 3 rings (SSSR count). The molecule has 0 unspecified atom stereocenters. The van der Waals surface area contributed by atoms with Crippen LogP contribution in [0.4, 0.5) is 5.69 Å². The van der Waals surface area contributed by atoms with Gasteiger partial charge in [0, 0.05) is 10.4 Å². The van der Waals surface area contributed by atoms with E-state index < -0.39 is 10.0 Å². The molecule has 1 heterocycles. The number of rotatable bonds is 5. The third kappa shape index (κ3) is 3.59. The number of halogens is 1. The predicted octanol–water partition coefficient (Wildman–Crippen LogP) is 4.40. The summed E-state index contributed by atoms with van der Waals surface area (Å²) in [6, 6.07) is 10.7. The zero-order chi connectivity index (χ0) is 18.0. The monoisotopic (exact) mass is 379 g/mol. The molecule has 25 heavy (non-hydrogen) atoms. The number of aromatic amines is 1. The molecule has 0 aliphatic heterocycles. The van der Waals surface area contributed by atoms with E-state index in [-0.39, 0.29) is 16.5 Å². The van der Waals surface area contributed by atoms with Crippen LogP contribution in [0, 0.1) is 0 Å². The number of nitrogens with zero attached hydrogens (tertiary/aromatic N) is 2. The maximum Gasteiger partial charge on any atom is 0.299 e. The fraction of sp³-hybridized carbons (Fsp3) is 0.125. The van der Waals surface area contributed by atoms with E-state index in [2.05, 4.69) is 14.6 Å². The van der Waals surface area contributed by atoms with Crippen LogP contribution in [0.1, 0.15) is 6.92 Å². The standard InChI is InChI=1S/C16H14ClN3O4S/c1-2-24-11-4-6-12(7-5-11)25(22,23)20-19-15-13-9-10(17)3-8-14(13)18-16(15)21/h3-9,18,21H,2H2,1H3. The van der Waals surface area contributed by atoms with E-state index in [1.165, 1.54) is 24.3 Å². The zero-order valence-electron chi connectivity index (χ0n) is 13.1. The van der Waals surface area contributed by atoms with Gasteiger partial charge in [-0.05, 0) is 49.4 Å². The fourth-order valence-corrected chi connectivity index (χ4v) is 3.19. The molecule has 0 spiro atoms. The first-order valence-electron chi connectivity index (χ1n) is 7.32. The first-order valence-corrected chi connectivity index (χ1v) is 9.13. The van der Waals surface area contributed by atoms with E-state index in [1.54, 1.807) is 18.2 Å². The SMILES string of the molecule is CCOc1ccc(S(=O)(=O)N=Nc2c(O)[nH]c3ccc(Cl)cc23)cc1. The van der Waals surface area contributed by atoms with Crippen molar-refractivity contribution in [1.29, 1.82) is 0 Å². The lowest BCUT2D eigenvalue weighted by molar-refractivity contribution is 0.340. The van der Waals surface area contributed by atoms with Crippen molar-refractivity contribution in [1.82, 2.24) is 4.98 Å². The Kier molecular flexibility index (Phi) is 4.65. The molecule has 0 amide bonds. The van der Waals surface area contributed by atoms with E-state index in [1.807, 2.05) is 6.92 Å². The van der Waals surface area contributed by atoms with Gasteiger partial charge in [-0.3, -0.25) is 0 Å². The second-order valence-corrected chi connectivity index (χ2v) is 7.09. The fourth-order valence-electron chi connectivity index (χ4n) is 2.25. The lowest BCUT2D eigenvalue weighted by Gasteiger charge is -2.03. The second kappa shape index (κ2) is 6.73. The third-order valence-corrected chi connectivity index (χ3v) is 4.79. The molecule has 0 bridgehead atoms. The number of ether oxygens (including phenoxy) is 1. The average Bonchev–Trinajstić information content (AvgIpc) is 2.88. The van der Waals surface area contributed by atoms with Gasteiger partial charge in [0.25, 0.3) is 10.0 Å². The van der Waals surface area contributed by atoms with Crippen LogP contribution in [0.5, 0.6) is 11.6 Å². The molecule has 1 aromatic heterocycles. The summed E-state index contributed by atoms with van der Waals surface area (Å²) in [5.74, 6) is 0.269. The summed E-state index contributed by atoms with van der Waals surface area (Å²) in [7, 11) is -4.02. The smallest absolute Gasteiger partial charge is 0.299 e. The summed E-state index contributed by atoms with van der Waals surface area (Å²) >= 11 is 5.93. The van der Waals surface area contributed by atoms with E-state index in [9.17, 15) is 13.5 Å². The summed E-state index contributed by atoms with van der Waals surface area (Å²) in [6.45, 7) is 2.31. The number of aromatic nitrogens is 1. The highest BCUT2D eigenvalue weighted by molar-refractivity contribution is 7.90. The molecular formula is C16H14ClN3O4S. The molecule has 0 aliphatic carbocycles. The van der Waals surface area contributed by atoms with Gasteiger partial charge in [-0.1, -0.05) is 16.1 Å². The van der Waals surface area contributed by atoms with Crippen molar-refractivity contribution in [3.8, 4) is 11.6 Å². The van der Waals surface area contributed by atoms with Crippen LogP contribution in [0.3, 0.4) is 0 Å². The minimum Gasteiger partial charge on any atom is -0.494 e. The van der Waals surface area contributed by atoms with Crippen LogP contribution < -0.4 is 4.74 Å². The number of aromatic hydroxyl groups is 1. The van der Waals surface area contributed by atoms with Crippen molar-refractivity contribution in [2.24, 2.45) is 9.63 Å². The molecule has 0 fully saturated rings.